The van der Waals surface area contributed by atoms with Crippen LogP contribution in [0.2, 0.25) is 0 Å². The monoisotopic (exact) mass is 462 g/mol. The van der Waals surface area contributed by atoms with E-state index in [2.05, 4.69) is 63.9 Å². The Balaban J connectivity index is 1.40. The molecule has 184 valence electrons. The number of fused-ring (bicyclic) bond motifs is 1. The lowest BCUT2D eigenvalue weighted by atomic mass is 9.58. The number of carbonyl (C=O) groups excluding carboxylic acids is 1. The SMILES string of the molecule is Cc1cc2c(cc1C(O)CN1CCC(NC(=O)c3ccccc3)CC1)C(C)(C)CC(C)C2(C)C. The molecule has 0 spiro atoms. The van der Waals surface area contributed by atoms with E-state index in [4.69, 9.17) is 0 Å². The topological polar surface area (TPSA) is 52.6 Å². The molecule has 0 aromatic heterocycles. The Morgan fingerprint density at radius 1 is 1.09 bits per heavy atom. The van der Waals surface area contributed by atoms with E-state index in [1.165, 1.54) is 16.7 Å². The summed E-state index contributed by atoms with van der Waals surface area (Å²) in [5.41, 5.74) is 6.07. The maximum Gasteiger partial charge on any atom is 0.251 e. The molecule has 1 saturated heterocycles. The Bertz CT molecular complexity index is 1020. The van der Waals surface area contributed by atoms with Crippen molar-refractivity contribution in [2.24, 2.45) is 5.92 Å². The summed E-state index contributed by atoms with van der Waals surface area (Å²) in [5.74, 6) is 0.623. The Morgan fingerprint density at radius 2 is 1.74 bits per heavy atom. The number of aliphatic hydroxyl groups excluding tert-OH is 1. The first-order chi connectivity index (χ1) is 16.0. The van der Waals surface area contributed by atoms with E-state index in [-0.39, 0.29) is 22.8 Å². The molecule has 2 aromatic carbocycles. The number of nitrogens with zero attached hydrogens (tertiary/aromatic N) is 1. The highest BCUT2D eigenvalue weighted by molar-refractivity contribution is 5.94. The van der Waals surface area contributed by atoms with Gasteiger partial charge in [0.25, 0.3) is 5.91 Å². The number of hydrogen-bond donors (Lipinski definition) is 2. The van der Waals surface area contributed by atoms with Crippen molar-refractivity contribution in [3.05, 3.63) is 70.3 Å². The van der Waals surface area contributed by atoms with Gasteiger partial charge in [0.2, 0.25) is 0 Å². The molecule has 2 aromatic rings. The van der Waals surface area contributed by atoms with Crippen molar-refractivity contribution in [2.75, 3.05) is 19.6 Å². The van der Waals surface area contributed by atoms with Crippen LogP contribution < -0.4 is 5.32 Å². The molecule has 1 fully saturated rings. The maximum absolute atomic E-state index is 12.5. The molecule has 34 heavy (non-hydrogen) atoms. The summed E-state index contributed by atoms with van der Waals surface area (Å²) in [7, 11) is 0. The number of amides is 1. The first kappa shape index (κ1) is 24.9. The molecule has 2 N–H and O–H groups in total. The van der Waals surface area contributed by atoms with Gasteiger partial charge in [0.1, 0.15) is 0 Å². The second kappa shape index (κ2) is 9.47. The number of piperidine rings is 1. The Morgan fingerprint density at radius 3 is 2.38 bits per heavy atom. The largest absolute Gasteiger partial charge is 0.387 e. The summed E-state index contributed by atoms with van der Waals surface area (Å²) in [5, 5.41) is 14.4. The van der Waals surface area contributed by atoms with Gasteiger partial charge < -0.3 is 15.3 Å². The van der Waals surface area contributed by atoms with Crippen LogP contribution in [-0.2, 0) is 10.8 Å². The van der Waals surface area contributed by atoms with Crippen LogP contribution in [0.3, 0.4) is 0 Å². The molecule has 1 amide bonds. The van der Waals surface area contributed by atoms with Crippen LogP contribution >= 0.6 is 0 Å². The van der Waals surface area contributed by atoms with E-state index in [0.717, 1.165) is 37.9 Å². The van der Waals surface area contributed by atoms with Crippen molar-refractivity contribution < 1.29 is 9.90 Å². The van der Waals surface area contributed by atoms with Crippen molar-refractivity contribution >= 4 is 5.91 Å². The number of likely N-dealkylation sites (tertiary alicyclic amines) is 1. The minimum Gasteiger partial charge on any atom is -0.387 e. The molecule has 0 saturated carbocycles. The fraction of sp³-hybridized carbons (Fsp3) is 0.567. The second-order valence-electron chi connectivity index (χ2n) is 11.9. The number of benzene rings is 2. The molecule has 1 aliphatic heterocycles. The Labute approximate surface area is 205 Å². The molecule has 4 rings (SSSR count). The predicted molar refractivity (Wildman–Crippen MR) is 139 cm³/mol. The van der Waals surface area contributed by atoms with Crippen LogP contribution in [0.5, 0.6) is 0 Å². The molecular formula is C30H42N2O2. The van der Waals surface area contributed by atoms with Gasteiger partial charge in [0, 0.05) is 31.2 Å². The summed E-state index contributed by atoms with van der Waals surface area (Å²) in [4.78, 5) is 14.8. The molecule has 4 nitrogen and oxygen atoms in total. The predicted octanol–water partition coefficient (Wildman–Crippen LogP) is 5.52. The Hall–Kier alpha value is -2.17. The fourth-order valence-corrected chi connectivity index (χ4v) is 6.03. The highest BCUT2D eigenvalue weighted by Gasteiger charge is 2.42. The van der Waals surface area contributed by atoms with Gasteiger partial charge in [-0.25, -0.2) is 0 Å². The van der Waals surface area contributed by atoms with E-state index in [1.54, 1.807) is 0 Å². The van der Waals surface area contributed by atoms with Gasteiger partial charge in [-0.1, -0.05) is 65.0 Å². The lowest BCUT2D eigenvalue weighted by molar-refractivity contribution is 0.0825. The van der Waals surface area contributed by atoms with E-state index < -0.39 is 6.10 Å². The van der Waals surface area contributed by atoms with Gasteiger partial charge in [0.15, 0.2) is 0 Å². The van der Waals surface area contributed by atoms with E-state index in [9.17, 15) is 9.90 Å². The summed E-state index contributed by atoms with van der Waals surface area (Å²) >= 11 is 0. The smallest absolute Gasteiger partial charge is 0.251 e. The standard InChI is InChI=1S/C30H42N2O2/c1-20-16-26-25(29(3,4)18-21(2)30(26,5)6)17-24(20)27(33)19-32-14-12-23(13-15-32)31-28(34)22-10-8-7-9-11-22/h7-11,16-17,21,23,27,33H,12-15,18-19H2,1-6H3,(H,31,34). The van der Waals surface area contributed by atoms with Crippen molar-refractivity contribution in [2.45, 2.75) is 83.8 Å². The number of aliphatic hydroxyl groups is 1. The van der Waals surface area contributed by atoms with Crippen molar-refractivity contribution in [1.82, 2.24) is 10.2 Å². The summed E-state index contributed by atoms with van der Waals surface area (Å²) in [6.07, 6.45) is 2.48. The zero-order valence-corrected chi connectivity index (χ0v) is 21.8. The van der Waals surface area contributed by atoms with Gasteiger partial charge in [0.05, 0.1) is 6.10 Å². The van der Waals surface area contributed by atoms with Crippen LogP contribution in [0.1, 0.15) is 92.6 Å². The number of aryl methyl sites for hydroxylation is 1. The lowest BCUT2D eigenvalue weighted by Crippen LogP contribution is -2.45. The number of β-amino-alcohol motifs (C(OH)–C–C–N with tert-alkyl or cyclic N) is 1. The third-order valence-electron chi connectivity index (χ3n) is 8.63. The van der Waals surface area contributed by atoms with Crippen molar-refractivity contribution in [3.63, 3.8) is 0 Å². The fourth-order valence-electron chi connectivity index (χ4n) is 6.03. The molecule has 0 bridgehead atoms. The van der Waals surface area contributed by atoms with E-state index in [0.29, 0.717) is 18.0 Å². The quantitative estimate of drug-likeness (QED) is 0.615. The zero-order chi connectivity index (χ0) is 24.7. The van der Waals surface area contributed by atoms with Crippen LogP contribution in [0.4, 0.5) is 0 Å². The lowest BCUT2D eigenvalue weighted by Gasteiger charge is -2.47. The second-order valence-corrected chi connectivity index (χ2v) is 11.9. The summed E-state index contributed by atoms with van der Waals surface area (Å²) in [6.45, 7) is 16.3. The molecule has 2 unspecified atom stereocenters. The average molecular weight is 463 g/mol. The molecule has 0 radical (unpaired) electrons. The molecule has 2 aliphatic rings. The molecule has 2 atom stereocenters. The third-order valence-corrected chi connectivity index (χ3v) is 8.63. The van der Waals surface area contributed by atoms with Gasteiger partial charge in [-0.05, 0) is 77.3 Å². The van der Waals surface area contributed by atoms with Crippen LogP contribution in [0.25, 0.3) is 0 Å². The highest BCUT2D eigenvalue weighted by Crippen LogP contribution is 2.50. The van der Waals surface area contributed by atoms with Crippen molar-refractivity contribution in [3.8, 4) is 0 Å². The number of carbonyl (C=O) groups is 1. The van der Waals surface area contributed by atoms with Crippen LogP contribution in [-0.4, -0.2) is 41.6 Å². The average Bonchev–Trinajstić information content (AvgIpc) is 2.79. The highest BCUT2D eigenvalue weighted by atomic mass is 16.3. The van der Waals surface area contributed by atoms with E-state index >= 15 is 0 Å². The zero-order valence-electron chi connectivity index (χ0n) is 21.8. The normalized spacial score (nSPS) is 23.2. The number of hydrogen-bond acceptors (Lipinski definition) is 3. The molecule has 1 aliphatic carbocycles. The summed E-state index contributed by atoms with van der Waals surface area (Å²) in [6, 6.07) is 14.3. The molecular weight excluding hydrogens is 420 g/mol. The van der Waals surface area contributed by atoms with Gasteiger partial charge in [-0.15, -0.1) is 0 Å². The first-order valence-corrected chi connectivity index (χ1v) is 12.9. The summed E-state index contributed by atoms with van der Waals surface area (Å²) < 4.78 is 0. The van der Waals surface area contributed by atoms with E-state index in [1.807, 2.05) is 30.3 Å². The minimum absolute atomic E-state index is 0.00336. The maximum atomic E-state index is 12.5. The Kier molecular flexibility index (Phi) is 6.94. The first-order valence-electron chi connectivity index (χ1n) is 12.9. The van der Waals surface area contributed by atoms with Gasteiger partial charge in [-0.3, -0.25) is 4.79 Å². The van der Waals surface area contributed by atoms with Gasteiger partial charge in [-0.2, -0.15) is 0 Å². The van der Waals surface area contributed by atoms with Crippen molar-refractivity contribution in [1.29, 1.82) is 0 Å². The number of rotatable bonds is 5. The number of nitrogens with one attached hydrogen (secondary N) is 1. The third kappa shape index (κ3) is 4.94. The van der Waals surface area contributed by atoms with Crippen LogP contribution in [0, 0.1) is 12.8 Å². The van der Waals surface area contributed by atoms with Crippen LogP contribution in [0.15, 0.2) is 42.5 Å². The molecule has 4 heteroatoms. The minimum atomic E-state index is -0.501. The van der Waals surface area contributed by atoms with Gasteiger partial charge >= 0.3 is 0 Å². The molecule has 1 heterocycles.